The van der Waals surface area contributed by atoms with Crippen molar-refractivity contribution in [1.82, 2.24) is 19.5 Å². The van der Waals surface area contributed by atoms with Gasteiger partial charge in [0.2, 0.25) is 5.91 Å². The Morgan fingerprint density at radius 2 is 1.46 bits per heavy atom. The number of anilines is 1. The van der Waals surface area contributed by atoms with Gasteiger partial charge in [0.15, 0.2) is 23.1 Å². The summed E-state index contributed by atoms with van der Waals surface area (Å²) in [5.74, 6) is -1.49. The predicted octanol–water partition coefficient (Wildman–Crippen LogP) is 3.89. The van der Waals surface area contributed by atoms with Crippen LogP contribution in [0.15, 0.2) is 12.7 Å². The van der Waals surface area contributed by atoms with E-state index in [0.29, 0.717) is 49.7 Å². The molecule has 39 heavy (non-hydrogen) atoms. The van der Waals surface area contributed by atoms with Crippen LogP contribution in [-0.2, 0) is 33.4 Å². The topological polar surface area (TPSA) is 152 Å². The minimum absolute atomic E-state index is 0.0151. The van der Waals surface area contributed by atoms with Crippen LogP contribution in [0.1, 0.15) is 91.5 Å². The Kier molecular flexibility index (Phi) is 11.2. The van der Waals surface area contributed by atoms with Crippen molar-refractivity contribution in [2.24, 2.45) is 5.92 Å². The van der Waals surface area contributed by atoms with Gasteiger partial charge in [-0.1, -0.05) is 27.7 Å². The fourth-order valence-electron chi connectivity index (χ4n) is 4.72. The van der Waals surface area contributed by atoms with E-state index in [1.807, 2.05) is 27.7 Å². The first-order valence-corrected chi connectivity index (χ1v) is 13.8. The third kappa shape index (κ3) is 7.73. The van der Waals surface area contributed by atoms with E-state index in [1.165, 1.54) is 6.33 Å². The second-order valence-corrected chi connectivity index (χ2v) is 9.75. The van der Waals surface area contributed by atoms with Crippen molar-refractivity contribution in [2.45, 2.75) is 104 Å². The summed E-state index contributed by atoms with van der Waals surface area (Å²) in [7, 11) is 0. The molecule has 1 N–H and O–H groups in total. The predicted molar refractivity (Wildman–Crippen MR) is 141 cm³/mol. The Bertz CT molecular complexity index is 1150. The van der Waals surface area contributed by atoms with Gasteiger partial charge >= 0.3 is 17.9 Å². The van der Waals surface area contributed by atoms with Crippen LogP contribution >= 0.6 is 0 Å². The van der Waals surface area contributed by atoms with Crippen molar-refractivity contribution >= 4 is 40.8 Å². The van der Waals surface area contributed by atoms with Crippen LogP contribution in [0.4, 0.5) is 5.82 Å². The Morgan fingerprint density at radius 1 is 0.846 bits per heavy atom. The Hall–Kier alpha value is -3.57. The van der Waals surface area contributed by atoms with Gasteiger partial charge in [0, 0.05) is 31.6 Å². The third-order valence-electron chi connectivity index (χ3n) is 6.52. The molecule has 0 bridgehead atoms. The zero-order chi connectivity index (χ0) is 28.4. The molecule has 214 valence electrons. The molecule has 0 saturated heterocycles. The third-order valence-corrected chi connectivity index (χ3v) is 6.52. The number of imidazole rings is 1. The molecule has 2 heterocycles. The van der Waals surface area contributed by atoms with E-state index in [1.54, 1.807) is 10.9 Å². The zero-order valence-electron chi connectivity index (χ0n) is 23.2. The molecular weight excluding hydrogens is 506 g/mol. The molecule has 1 saturated carbocycles. The zero-order valence-corrected chi connectivity index (χ0v) is 23.2. The van der Waals surface area contributed by atoms with Gasteiger partial charge in [0.05, 0.1) is 19.0 Å². The highest BCUT2D eigenvalue weighted by Crippen LogP contribution is 2.41. The summed E-state index contributed by atoms with van der Waals surface area (Å²) in [5, 5.41) is 2.77. The van der Waals surface area contributed by atoms with E-state index in [-0.39, 0.29) is 43.6 Å². The van der Waals surface area contributed by atoms with Crippen LogP contribution in [0.2, 0.25) is 0 Å². The second-order valence-electron chi connectivity index (χ2n) is 9.75. The molecule has 12 nitrogen and oxygen atoms in total. The maximum absolute atomic E-state index is 12.7. The number of rotatable bonds is 14. The smallest absolute Gasteiger partial charge is 0.306 e. The molecule has 12 heteroatoms. The highest BCUT2D eigenvalue weighted by molar-refractivity contribution is 5.96. The standard InChI is InChI=1S/C27H39N5O7/c1-5-9-19(33)31-26-23-27(29-15-28-26)32(16-30-23)18-13-17(14-37-20(34)10-6-2)24(38-21(35)11-7-3)25(18)39-22(36)12-8-4/h15-18,24-25H,5-14H2,1-4H3,(H,28,29,31,33). The van der Waals surface area contributed by atoms with Crippen molar-refractivity contribution in [3.05, 3.63) is 12.7 Å². The quantitative estimate of drug-likeness (QED) is 0.273. The summed E-state index contributed by atoms with van der Waals surface area (Å²) in [6, 6.07) is -0.515. The summed E-state index contributed by atoms with van der Waals surface area (Å²) < 4.78 is 19.0. The lowest BCUT2D eigenvalue weighted by molar-refractivity contribution is -0.171. The lowest BCUT2D eigenvalue weighted by atomic mass is 10.1. The molecule has 2 aromatic heterocycles. The van der Waals surface area contributed by atoms with Gasteiger partial charge < -0.3 is 24.1 Å². The number of amides is 1. The number of hydrogen-bond acceptors (Lipinski definition) is 10. The van der Waals surface area contributed by atoms with E-state index < -0.39 is 36.1 Å². The van der Waals surface area contributed by atoms with Gasteiger partial charge in [0.1, 0.15) is 12.4 Å². The van der Waals surface area contributed by atoms with E-state index in [9.17, 15) is 19.2 Å². The fraction of sp³-hybridized carbons (Fsp3) is 0.667. The van der Waals surface area contributed by atoms with Gasteiger partial charge in [-0.25, -0.2) is 15.0 Å². The van der Waals surface area contributed by atoms with Gasteiger partial charge in [-0.3, -0.25) is 19.2 Å². The minimum atomic E-state index is -0.856. The number of ether oxygens (including phenoxy) is 3. The highest BCUT2D eigenvalue weighted by Gasteiger charge is 2.50. The Labute approximate surface area is 228 Å². The van der Waals surface area contributed by atoms with E-state index in [0.717, 1.165) is 0 Å². The second kappa shape index (κ2) is 14.5. The number of nitrogens with one attached hydrogen (secondary N) is 1. The van der Waals surface area contributed by atoms with Crippen LogP contribution in [0.3, 0.4) is 0 Å². The number of hydrogen-bond donors (Lipinski definition) is 1. The van der Waals surface area contributed by atoms with Gasteiger partial charge in [-0.2, -0.15) is 0 Å². The number of carbonyl (C=O) groups excluding carboxylic acids is 4. The van der Waals surface area contributed by atoms with Crippen molar-refractivity contribution in [3.63, 3.8) is 0 Å². The molecule has 1 fully saturated rings. The Morgan fingerprint density at radius 3 is 2.10 bits per heavy atom. The molecule has 1 aliphatic rings. The van der Waals surface area contributed by atoms with Crippen LogP contribution in [-0.4, -0.2) is 62.1 Å². The minimum Gasteiger partial charge on any atom is -0.465 e. The van der Waals surface area contributed by atoms with Crippen molar-refractivity contribution in [3.8, 4) is 0 Å². The lowest BCUT2D eigenvalue weighted by Gasteiger charge is -2.27. The fourth-order valence-corrected chi connectivity index (χ4v) is 4.72. The maximum Gasteiger partial charge on any atom is 0.306 e. The molecule has 0 radical (unpaired) electrons. The van der Waals surface area contributed by atoms with Crippen LogP contribution in [0, 0.1) is 5.92 Å². The number of fused-ring (bicyclic) bond motifs is 1. The first-order valence-electron chi connectivity index (χ1n) is 13.8. The molecule has 3 rings (SSSR count). The number of carbonyl (C=O) groups is 4. The van der Waals surface area contributed by atoms with Crippen LogP contribution in [0.5, 0.6) is 0 Å². The largest absolute Gasteiger partial charge is 0.465 e. The van der Waals surface area contributed by atoms with Gasteiger partial charge in [-0.15, -0.1) is 0 Å². The number of aromatic nitrogens is 4. The highest BCUT2D eigenvalue weighted by atomic mass is 16.6. The summed E-state index contributed by atoms with van der Waals surface area (Å²) in [5.41, 5.74) is 0.818. The van der Waals surface area contributed by atoms with Crippen LogP contribution in [0.25, 0.3) is 11.2 Å². The molecule has 1 aliphatic carbocycles. The first kappa shape index (κ1) is 30.0. The van der Waals surface area contributed by atoms with E-state index in [2.05, 4.69) is 20.3 Å². The molecule has 2 aromatic rings. The van der Waals surface area contributed by atoms with Crippen LogP contribution < -0.4 is 5.32 Å². The maximum atomic E-state index is 12.7. The Balaban J connectivity index is 1.99. The molecule has 0 spiro atoms. The summed E-state index contributed by atoms with van der Waals surface area (Å²) >= 11 is 0. The lowest BCUT2D eigenvalue weighted by Crippen LogP contribution is -2.39. The van der Waals surface area contributed by atoms with E-state index in [4.69, 9.17) is 14.2 Å². The first-order chi connectivity index (χ1) is 18.8. The molecule has 0 aromatic carbocycles. The molecule has 4 unspecified atom stereocenters. The summed E-state index contributed by atoms with van der Waals surface area (Å²) in [6.45, 7) is 7.55. The number of esters is 3. The molecule has 4 atom stereocenters. The average Bonchev–Trinajstić information content (AvgIpc) is 3.45. The van der Waals surface area contributed by atoms with Crippen molar-refractivity contribution in [2.75, 3.05) is 11.9 Å². The van der Waals surface area contributed by atoms with Gasteiger partial charge in [-0.05, 0) is 32.1 Å². The number of nitrogens with zero attached hydrogens (tertiary/aromatic N) is 4. The van der Waals surface area contributed by atoms with Crippen molar-refractivity contribution < 1.29 is 33.4 Å². The summed E-state index contributed by atoms with van der Waals surface area (Å²) in [4.78, 5) is 62.7. The average molecular weight is 546 g/mol. The summed E-state index contributed by atoms with van der Waals surface area (Å²) in [6.07, 6.45) is 5.13. The van der Waals surface area contributed by atoms with Gasteiger partial charge in [0.25, 0.3) is 0 Å². The monoisotopic (exact) mass is 545 g/mol. The SMILES string of the molecule is CCCC(=O)Nc1ncnc2c1ncn2C1CC(COC(=O)CCC)C(OC(=O)CCC)C1OC(=O)CCC. The molecular formula is C27H39N5O7. The molecule has 1 amide bonds. The normalized spacial score (nSPS) is 20.5. The van der Waals surface area contributed by atoms with E-state index >= 15 is 0 Å². The molecule has 0 aliphatic heterocycles. The van der Waals surface area contributed by atoms with Crippen molar-refractivity contribution in [1.29, 1.82) is 0 Å².